The van der Waals surface area contributed by atoms with Crippen LogP contribution >= 0.6 is 11.6 Å². The lowest BCUT2D eigenvalue weighted by molar-refractivity contribution is 0.104. The minimum absolute atomic E-state index is 0.131. The third kappa shape index (κ3) is 3.61. The SMILES string of the molecule is COc1cc(/C=C/C(=O)c2cccnc2)cc(Cl)c1OC. The van der Waals surface area contributed by atoms with Crippen molar-refractivity contribution < 1.29 is 14.3 Å². The number of ketones is 1. The zero-order chi connectivity index (χ0) is 15.2. The highest BCUT2D eigenvalue weighted by Crippen LogP contribution is 2.36. The molecule has 0 aliphatic carbocycles. The lowest BCUT2D eigenvalue weighted by atomic mass is 10.1. The van der Waals surface area contributed by atoms with E-state index in [1.165, 1.54) is 26.5 Å². The van der Waals surface area contributed by atoms with E-state index in [4.69, 9.17) is 21.1 Å². The third-order valence-corrected chi connectivity index (χ3v) is 3.11. The van der Waals surface area contributed by atoms with Crippen LogP contribution in [0.3, 0.4) is 0 Å². The number of ether oxygens (including phenoxy) is 2. The average Bonchev–Trinajstić information content (AvgIpc) is 2.52. The number of pyridine rings is 1. The van der Waals surface area contributed by atoms with Gasteiger partial charge < -0.3 is 9.47 Å². The Hall–Kier alpha value is -2.33. The highest BCUT2D eigenvalue weighted by molar-refractivity contribution is 6.32. The first-order valence-electron chi connectivity index (χ1n) is 6.19. The molecule has 21 heavy (non-hydrogen) atoms. The van der Waals surface area contributed by atoms with Gasteiger partial charge in [-0.15, -0.1) is 0 Å². The zero-order valence-electron chi connectivity index (χ0n) is 11.7. The molecule has 0 bridgehead atoms. The summed E-state index contributed by atoms with van der Waals surface area (Å²) in [4.78, 5) is 15.9. The number of allylic oxidation sites excluding steroid dienone is 1. The number of aromatic nitrogens is 1. The van der Waals surface area contributed by atoms with Crippen molar-refractivity contribution in [1.82, 2.24) is 4.98 Å². The van der Waals surface area contributed by atoms with Crippen molar-refractivity contribution in [2.75, 3.05) is 14.2 Å². The van der Waals surface area contributed by atoms with Gasteiger partial charge in [0.2, 0.25) is 0 Å². The minimum atomic E-state index is -0.131. The molecule has 1 aromatic heterocycles. The number of methoxy groups -OCH3 is 2. The summed E-state index contributed by atoms with van der Waals surface area (Å²) in [5.74, 6) is 0.849. The topological polar surface area (TPSA) is 48.4 Å². The minimum Gasteiger partial charge on any atom is -0.493 e. The Bertz CT molecular complexity index is 669. The van der Waals surface area contributed by atoms with E-state index in [1.54, 1.807) is 36.5 Å². The normalized spacial score (nSPS) is 10.6. The first-order valence-corrected chi connectivity index (χ1v) is 6.57. The van der Waals surface area contributed by atoms with Crippen molar-refractivity contribution in [3.63, 3.8) is 0 Å². The van der Waals surface area contributed by atoms with Crippen molar-refractivity contribution in [1.29, 1.82) is 0 Å². The highest BCUT2D eigenvalue weighted by Gasteiger charge is 2.10. The Morgan fingerprint density at radius 3 is 2.71 bits per heavy atom. The summed E-state index contributed by atoms with van der Waals surface area (Å²) in [5.41, 5.74) is 1.27. The summed E-state index contributed by atoms with van der Waals surface area (Å²) in [6, 6.07) is 6.88. The molecule has 0 unspecified atom stereocenters. The molecule has 108 valence electrons. The van der Waals surface area contributed by atoms with Crippen LogP contribution in [0.25, 0.3) is 6.08 Å². The molecule has 2 aromatic rings. The largest absolute Gasteiger partial charge is 0.493 e. The monoisotopic (exact) mass is 303 g/mol. The number of carbonyl (C=O) groups excluding carboxylic acids is 1. The number of halogens is 1. The molecule has 0 saturated carbocycles. The van der Waals surface area contributed by atoms with Crippen LogP contribution in [0.2, 0.25) is 5.02 Å². The molecule has 5 heteroatoms. The standard InChI is InChI=1S/C16H14ClNO3/c1-20-15-9-11(8-13(17)16(15)21-2)5-6-14(19)12-4-3-7-18-10-12/h3-10H,1-2H3/b6-5+. The fraction of sp³-hybridized carbons (Fsp3) is 0.125. The summed E-state index contributed by atoms with van der Waals surface area (Å²) in [7, 11) is 3.05. The van der Waals surface area contributed by atoms with Gasteiger partial charge in [-0.3, -0.25) is 9.78 Å². The predicted molar refractivity (Wildman–Crippen MR) is 82.2 cm³/mol. The number of hydrogen-bond donors (Lipinski definition) is 0. The second-order valence-corrected chi connectivity index (χ2v) is 4.58. The van der Waals surface area contributed by atoms with E-state index in [0.29, 0.717) is 22.1 Å². The van der Waals surface area contributed by atoms with Crippen molar-refractivity contribution in [3.8, 4) is 11.5 Å². The van der Waals surface area contributed by atoms with E-state index in [-0.39, 0.29) is 5.78 Å². The average molecular weight is 304 g/mol. The second-order valence-electron chi connectivity index (χ2n) is 4.18. The molecule has 2 rings (SSSR count). The fourth-order valence-electron chi connectivity index (χ4n) is 1.81. The number of benzene rings is 1. The van der Waals surface area contributed by atoms with Gasteiger partial charge in [-0.2, -0.15) is 0 Å². The molecule has 0 radical (unpaired) electrons. The van der Waals surface area contributed by atoms with E-state index >= 15 is 0 Å². The number of hydrogen-bond acceptors (Lipinski definition) is 4. The lowest BCUT2D eigenvalue weighted by Gasteiger charge is -2.10. The summed E-state index contributed by atoms with van der Waals surface area (Å²) >= 11 is 6.11. The molecule has 1 heterocycles. The van der Waals surface area contributed by atoms with Crippen LogP contribution in [-0.4, -0.2) is 25.0 Å². The summed E-state index contributed by atoms with van der Waals surface area (Å²) in [6.07, 6.45) is 6.28. The quantitative estimate of drug-likeness (QED) is 0.625. The van der Waals surface area contributed by atoms with Crippen molar-refractivity contribution >= 4 is 23.5 Å². The Morgan fingerprint density at radius 1 is 1.29 bits per heavy atom. The molecule has 0 saturated heterocycles. The molecule has 0 atom stereocenters. The second kappa shape index (κ2) is 6.90. The van der Waals surface area contributed by atoms with Crippen LogP contribution in [0.15, 0.2) is 42.7 Å². The first-order chi connectivity index (χ1) is 10.2. The Balaban J connectivity index is 2.25. The third-order valence-electron chi connectivity index (χ3n) is 2.83. The van der Waals surface area contributed by atoms with E-state index in [0.717, 1.165) is 5.56 Å². The maximum atomic E-state index is 12.0. The van der Waals surface area contributed by atoms with Crippen LogP contribution in [0.4, 0.5) is 0 Å². The van der Waals surface area contributed by atoms with Gasteiger partial charge in [-0.1, -0.05) is 17.7 Å². The maximum Gasteiger partial charge on any atom is 0.187 e. The Morgan fingerprint density at radius 2 is 2.10 bits per heavy atom. The van der Waals surface area contributed by atoms with Gasteiger partial charge in [0.25, 0.3) is 0 Å². The van der Waals surface area contributed by atoms with Crippen LogP contribution in [0.1, 0.15) is 15.9 Å². The van der Waals surface area contributed by atoms with Gasteiger partial charge in [0, 0.05) is 18.0 Å². The van der Waals surface area contributed by atoms with Crippen LogP contribution in [0.5, 0.6) is 11.5 Å². The van der Waals surface area contributed by atoms with E-state index in [2.05, 4.69) is 4.98 Å². The van der Waals surface area contributed by atoms with Gasteiger partial charge in [0.1, 0.15) is 0 Å². The first kappa shape index (κ1) is 15.1. The van der Waals surface area contributed by atoms with Gasteiger partial charge in [-0.25, -0.2) is 0 Å². The summed E-state index contributed by atoms with van der Waals surface area (Å²) < 4.78 is 10.4. The lowest BCUT2D eigenvalue weighted by Crippen LogP contribution is -1.95. The predicted octanol–water partition coefficient (Wildman–Crippen LogP) is 3.65. The van der Waals surface area contributed by atoms with Gasteiger partial charge in [0.15, 0.2) is 17.3 Å². The molecular formula is C16H14ClNO3. The summed E-state index contributed by atoms with van der Waals surface area (Å²) in [6.45, 7) is 0. The van der Waals surface area contributed by atoms with Crippen molar-refractivity contribution in [2.45, 2.75) is 0 Å². The van der Waals surface area contributed by atoms with Crippen LogP contribution in [0, 0.1) is 0 Å². The molecule has 1 aromatic carbocycles. The van der Waals surface area contributed by atoms with Crippen molar-refractivity contribution in [3.05, 3.63) is 58.9 Å². The van der Waals surface area contributed by atoms with Crippen molar-refractivity contribution in [2.24, 2.45) is 0 Å². The zero-order valence-corrected chi connectivity index (χ0v) is 12.4. The molecule has 0 N–H and O–H groups in total. The Labute approximate surface area is 128 Å². The Kier molecular flexibility index (Phi) is 4.95. The fourth-order valence-corrected chi connectivity index (χ4v) is 2.11. The number of rotatable bonds is 5. The molecule has 0 amide bonds. The molecule has 0 spiro atoms. The maximum absolute atomic E-state index is 12.0. The van der Waals surface area contributed by atoms with E-state index in [9.17, 15) is 4.79 Å². The van der Waals surface area contributed by atoms with Crippen LogP contribution in [-0.2, 0) is 0 Å². The number of carbonyl (C=O) groups is 1. The van der Waals surface area contributed by atoms with Gasteiger partial charge in [0.05, 0.1) is 19.2 Å². The number of nitrogens with zero attached hydrogens (tertiary/aromatic N) is 1. The molecule has 0 aliphatic rings. The molecular weight excluding hydrogens is 290 g/mol. The molecule has 0 fully saturated rings. The molecule has 0 aliphatic heterocycles. The van der Waals surface area contributed by atoms with E-state index in [1.807, 2.05) is 0 Å². The van der Waals surface area contributed by atoms with E-state index < -0.39 is 0 Å². The molecule has 4 nitrogen and oxygen atoms in total. The highest BCUT2D eigenvalue weighted by atomic mass is 35.5. The summed E-state index contributed by atoms with van der Waals surface area (Å²) in [5, 5.41) is 0.422. The smallest absolute Gasteiger partial charge is 0.187 e. The van der Waals surface area contributed by atoms with Crippen LogP contribution < -0.4 is 9.47 Å². The van der Waals surface area contributed by atoms with Gasteiger partial charge in [-0.05, 0) is 35.9 Å². The van der Waals surface area contributed by atoms with Gasteiger partial charge >= 0.3 is 0 Å².